The minimum Gasteiger partial charge on any atom is -0.338 e. The standard InChI is InChI=1S/C17H15ClF2N2O/c18-14-6-13(8-21-9-14)17(23)22-2-1-11(10-22)3-12-4-15(19)7-16(20)5-12/h4-9,11H,1-3,10H2. The van der Waals surface area contributed by atoms with Gasteiger partial charge in [0.2, 0.25) is 0 Å². The van der Waals surface area contributed by atoms with Gasteiger partial charge < -0.3 is 4.90 Å². The Bertz CT molecular complexity index is 718. The molecule has 0 saturated carbocycles. The molecule has 120 valence electrons. The Labute approximate surface area is 137 Å². The van der Waals surface area contributed by atoms with Crippen molar-refractivity contribution in [1.82, 2.24) is 9.88 Å². The van der Waals surface area contributed by atoms with Crippen LogP contribution in [0.15, 0.2) is 36.7 Å². The first-order chi connectivity index (χ1) is 11.0. The maximum Gasteiger partial charge on any atom is 0.255 e. The largest absolute Gasteiger partial charge is 0.338 e. The minimum atomic E-state index is -0.573. The Morgan fingerprint density at radius 1 is 1.22 bits per heavy atom. The highest BCUT2D eigenvalue weighted by molar-refractivity contribution is 6.30. The zero-order chi connectivity index (χ0) is 16.4. The van der Waals surface area contributed by atoms with E-state index >= 15 is 0 Å². The number of likely N-dealkylation sites (tertiary alicyclic amines) is 1. The number of hydrogen-bond acceptors (Lipinski definition) is 2. The lowest BCUT2D eigenvalue weighted by Crippen LogP contribution is -2.29. The first kappa shape index (κ1) is 15.9. The summed E-state index contributed by atoms with van der Waals surface area (Å²) in [6.45, 7) is 1.18. The lowest BCUT2D eigenvalue weighted by atomic mass is 9.98. The van der Waals surface area contributed by atoms with E-state index in [1.807, 2.05) is 0 Å². The predicted molar refractivity (Wildman–Crippen MR) is 83.3 cm³/mol. The maximum atomic E-state index is 13.2. The van der Waals surface area contributed by atoms with E-state index in [9.17, 15) is 13.6 Å². The number of aromatic nitrogens is 1. The summed E-state index contributed by atoms with van der Waals surface area (Å²) in [5, 5.41) is 0.418. The summed E-state index contributed by atoms with van der Waals surface area (Å²) >= 11 is 5.86. The van der Waals surface area contributed by atoms with Gasteiger partial charge in [-0.1, -0.05) is 11.6 Å². The Kier molecular flexibility index (Phi) is 4.57. The van der Waals surface area contributed by atoms with Crippen LogP contribution in [-0.2, 0) is 6.42 Å². The first-order valence-electron chi connectivity index (χ1n) is 7.36. The van der Waals surface area contributed by atoms with Crippen LogP contribution in [0.1, 0.15) is 22.3 Å². The lowest BCUT2D eigenvalue weighted by Gasteiger charge is -2.16. The number of hydrogen-bond donors (Lipinski definition) is 0. The Morgan fingerprint density at radius 3 is 2.65 bits per heavy atom. The molecule has 1 aliphatic heterocycles. The molecule has 0 bridgehead atoms. The average molecular weight is 337 g/mol. The van der Waals surface area contributed by atoms with E-state index in [1.54, 1.807) is 11.0 Å². The molecule has 0 aliphatic carbocycles. The average Bonchev–Trinajstić information content (AvgIpc) is 2.94. The van der Waals surface area contributed by atoms with E-state index in [4.69, 9.17) is 11.6 Å². The molecule has 6 heteroatoms. The quantitative estimate of drug-likeness (QED) is 0.856. The van der Waals surface area contributed by atoms with Gasteiger partial charge in [-0.25, -0.2) is 8.78 Å². The van der Waals surface area contributed by atoms with Gasteiger partial charge >= 0.3 is 0 Å². The van der Waals surface area contributed by atoms with Gasteiger partial charge in [-0.15, -0.1) is 0 Å². The van der Waals surface area contributed by atoms with Crippen LogP contribution >= 0.6 is 11.6 Å². The molecule has 0 spiro atoms. The molecule has 1 unspecified atom stereocenters. The van der Waals surface area contributed by atoms with Crippen LogP contribution in [0.2, 0.25) is 5.02 Å². The van der Waals surface area contributed by atoms with Crippen LogP contribution in [0, 0.1) is 17.6 Å². The van der Waals surface area contributed by atoms with Crippen molar-refractivity contribution in [3.63, 3.8) is 0 Å². The zero-order valence-electron chi connectivity index (χ0n) is 12.3. The van der Waals surface area contributed by atoms with Gasteiger partial charge in [0.05, 0.1) is 10.6 Å². The SMILES string of the molecule is O=C(c1cncc(Cl)c1)N1CCC(Cc2cc(F)cc(F)c2)C1. The normalized spacial score (nSPS) is 17.5. The summed E-state index contributed by atoms with van der Waals surface area (Å²) in [7, 11) is 0. The number of pyridine rings is 1. The van der Waals surface area contributed by atoms with Crippen LogP contribution in [0.25, 0.3) is 0 Å². The molecule has 1 aliphatic rings. The molecule has 1 atom stereocenters. The molecular weight excluding hydrogens is 322 g/mol. The summed E-state index contributed by atoms with van der Waals surface area (Å²) in [4.78, 5) is 18.1. The van der Waals surface area contributed by atoms with Crippen LogP contribution in [0.3, 0.4) is 0 Å². The zero-order valence-corrected chi connectivity index (χ0v) is 13.1. The van der Waals surface area contributed by atoms with Gasteiger partial charge in [0.25, 0.3) is 5.91 Å². The number of nitrogens with zero attached hydrogens (tertiary/aromatic N) is 2. The van der Waals surface area contributed by atoms with Crippen LogP contribution < -0.4 is 0 Å². The molecule has 1 fully saturated rings. The topological polar surface area (TPSA) is 33.2 Å². The number of halogens is 3. The fourth-order valence-corrected chi connectivity index (χ4v) is 3.13. The third kappa shape index (κ3) is 3.85. The minimum absolute atomic E-state index is 0.118. The Morgan fingerprint density at radius 2 is 1.96 bits per heavy atom. The number of amides is 1. The van der Waals surface area contributed by atoms with Crippen LogP contribution in [0.5, 0.6) is 0 Å². The number of carbonyl (C=O) groups excluding carboxylic acids is 1. The second-order valence-corrected chi connectivity index (χ2v) is 6.22. The molecule has 1 saturated heterocycles. The molecule has 1 amide bonds. The predicted octanol–water partition coefficient (Wildman–Crippen LogP) is 3.72. The number of benzene rings is 1. The highest BCUT2D eigenvalue weighted by atomic mass is 35.5. The van der Waals surface area contributed by atoms with Crippen molar-refractivity contribution in [1.29, 1.82) is 0 Å². The van der Waals surface area contributed by atoms with E-state index in [0.29, 0.717) is 35.7 Å². The molecule has 0 radical (unpaired) electrons. The highest BCUT2D eigenvalue weighted by Crippen LogP contribution is 2.23. The lowest BCUT2D eigenvalue weighted by molar-refractivity contribution is 0.0786. The van der Waals surface area contributed by atoms with Gasteiger partial charge in [0.15, 0.2) is 0 Å². The van der Waals surface area contributed by atoms with Crippen molar-refractivity contribution in [3.05, 3.63) is 64.4 Å². The van der Waals surface area contributed by atoms with Gasteiger partial charge in [0, 0.05) is 31.5 Å². The maximum absolute atomic E-state index is 13.2. The van der Waals surface area contributed by atoms with E-state index in [2.05, 4.69) is 4.98 Å². The third-order valence-electron chi connectivity index (χ3n) is 3.97. The second-order valence-electron chi connectivity index (χ2n) is 5.78. The van der Waals surface area contributed by atoms with E-state index in [0.717, 1.165) is 12.5 Å². The van der Waals surface area contributed by atoms with E-state index < -0.39 is 11.6 Å². The Hall–Kier alpha value is -2.01. The molecular formula is C17H15ClF2N2O. The van der Waals surface area contributed by atoms with Gasteiger partial charge in [0.1, 0.15) is 11.6 Å². The summed E-state index contributed by atoms with van der Waals surface area (Å²) in [5.41, 5.74) is 1.07. The van der Waals surface area contributed by atoms with Gasteiger partial charge in [-0.05, 0) is 42.5 Å². The van der Waals surface area contributed by atoms with Gasteiger partial charge in [-0.3, -0.25) is 9.78 Å². The van der Waals surface area contributed by atoms with Crippen molar-refractivity contribution >= 4 is 17.5 Å². The van der Waals surface area contributed by atoms with Crippen LogP contribution in [-0.4, -0.2) is 28.9 Å². The summed E-state index contributed by atoms with van der Waals surface area (Å²) in [6, 6.07) is 5.13. The van der Waals surface area contributed by atoms with E-state index in [1.165, 1.54) is 24.5 Å². The van der Waals surface area contributed by atoms with Crippen molar-refractivity contribution in [2.24, 2.45) is 5.92 Å². The fraction of sp³-hybridized carbons (Fsp3) is 0.294. The van der Waals surface area contributed by atoms with Crippen molar-refractivity contribution in [2.75, 3.05) is 13.1 Å². The Balaban J connectivity index is 1.65. The third-order valence-corrected chi connectivity index (χ3v) is 4.18. The molecule has 3 nitrogen and oxygen atoms in total. The fourth-order valence-electron chi connectivity index (χ4n) is 2.96. The summed E-state index contributed by atoms with van der Waals surface area (Å²) in [5.74, 6) is -1.08. The first-order valence-corrected chi connectivity index (χ1v) is 7.74. The molecule has 1 aromatic carbocycles. The molecule has 0 N–H and O–H groups in total. The summed E-state index contributed by atoms with van der Waals surface area (Å²) < 4.78 is 26.5. The molecule has 2 heterocycles. The van der Waals surface area contributed by atoms with Gasteiger partial charge in [-0.2, -0.15) is 0 Å². The molecule has 1 aromatic heterocycles. The number of carbonyl (C=O) groups is 1. The molecule has 3 rings (SSSR count). The monoisotopic (exact) mass is 336 g/mol. The van der Waals surface area contributed by atoms with Crippen molar-refractivity contribution in [2.45, 2.75) is 12.8 Å². The molecule has 23 heavy (non-hydrogen) atoms. The van der Waals surface area contributed by atoms with E-state index in [-0.39, 0.29) is 11.8 Å². The van der Waals surface area contributed by atoms with Crippen LogP contribution in [0.4, 0.5) is 8.78 Å². The highest BCUT2D eigenvalue weighted by Gasteiger charge is 2.27. The van der Waals surface area contributed by atoms with Crippen molar-refractivity contribution < 1.29 is 13.6 Å². The smallest absolute Gasteiger partial charge is 0.255 e. The second kappa shape index (κ2) is 6.62. The van der Waals surface area contributed by atoms with Crippen molar-refractivity contribution in [3.8, 4) is 0 Å². The molecule has 2 aromatic rings. The number of rotatable bonds is 3. The summed E-state index contributed by atoms with van der Waals surface area (Å²) in [6.07, 6.45) is 4.32.